The van der Waals surface area contributed by atoms with Crippen molar-refractivity contribution in [1.82, 2.24) is 20.2 Å². The van der Waals surface area contributed by atoms with Crippen molar-refractivity contribution in [3.05, 3.63) is 95.8 Å². The third-order valence-electron chi connectivity index (χ3n) is 4.80. The first-order valence-corrected chi connectivity index (χ1v) is 11.8. The summed E-state index contributed by atoms with van der Waals surface area (Å²) in [6, 6.07) is 21.2. The van der Waals surface area contributed by atoms with E-state index < -0.39 is 0 Å². The van der Waals surface area contributed by atoms with Crippen molar-refractivity contribution in [3.63, 3.8) is 0 Å². The van der Waals surface area contributed by atoms with Gasteiger partial charge in [-0.2, -0.15) is 5.10 Å². The minimum atomic E-state index is -0.242. The van der Waals surface area contributed by atoms with Crippen LogP contribution in [0.4, 0.5) is 0 Å². The van der Waals surface area contributed by atoms with Crippen molar-refractivity contribution in [1.29, 1.82) is 0 Å². The number of aromatic nitrogens is 3. The average molecular weight is 492 g/mol. The number of hydrazone groups is 1. The molecule has 0 aliphatic rings. The highest BCUT2D eigenvalue weighted by Gasteiger charge is 2.14. The van der Waals surface area contributed by atoms with Gasteiger partial charge in [-0.15, -0.1) is 16.8 Å². The van der Waals surface area contributed by atoms with Gasteiger partial charge in [-0.1, -0.05) is 65.8 Å². The van der Waals surface area contributed by atoms with E-state index in [0.29, 0.717) is 28.3 Å². The third kappa shape index (κ3) is 6.24. The molecule has 0 spiro atoms. The summed E-state index contributed by atoms with van der Waals surface area (Å²) in [6.45, 7) is 4.51. The number of nitrogens with zero attached hydrogens (tertiary/aromatic N) is 4. The smallest absolute Gasteiger partial charge is 0.250 e. The van der Waals surface area contributed by atoms with Crippen LogP contribution in [0.1, 0.15) is 11.4 Å². The second-order valence-electron chi connectivity index (χ2n) is 7.23. The number of carbonyl (C=O) groups is 1. The van der Waals surface area contributed by atoms with Crippen LogP contribution in [0.5, 0.6) is 5.75 Å². The number of fused-ring (bicyclic) bond motifs is 1. The van der Waals surface area contributed by atoms with Gasteiger partial charge in [0.2, 0.25) is 0 Å². The van der Waals surface area contributed by atoms with E-state index in [1.165, 1.54) is 11.8 Å². The second kappa shape index (κ2) is 11.5. The number of allylic oxidation sites excluding steroid dienone is 1. The van der Waals surface area contributed by atoms with Gasteiger partial charge in [-0.05, 0) is 46.7 Å². The molecule has 7 nitrogen and oxygen atoms in total. The summed E-state index contributed by atoms with van der Waals surface area (Å²) in [7, 11) is 0. The zero-order valence-electron chi connectivity index (χ0n) is 18.2. The number of carbonyl (C=O) groups excluding carboxylic acids is 1. The summed E-state index contributed by atoms with van der Waals surface area (Å²) in [5, 5.41) is 16.0. The molecule has 0 atom stereocenters. The third-order valence-corrected chi connectivity index (χ3v) is 6.01. The molecule has 4 aromatic rings. The largest absolute Gasteiger partial charge is 0.486 e. The van der Waals surface area contributed by atoms with E-state index >= 15 is 0 Å². The van der Waals surface area contributed by atoms with Crippen LogP contribution in [0.25, 0.3) is 10.8 Å². The summed E-state index contributed by atoms with van der Waals surface area (Å²) in [5.74, 6) is 1.21. The highest BCUT2D eigenvalue weighted by molar-refractivity contribution is 7.99. The maximum atomic E-state index is 12.3. The Morgan fingerprint density at radius 2 is 1.91 bits per heavy atom. The SMILES string of the molecule is C=CCn1c(COc2ccc(Cl)cc2)nnc1SCC(=O)N/N=C/c1ccc2ccccc2c1. The molecule has 1 N–H and O–H groups in total. The molecule has 0 radical (unpaired) electrons. The standard InChI is InChI=1S/C25H22ClN5O2S/c1-2-13-31-23(16-33-22-11-9-21(26)10-12-22)28-30-25(31)34-17-24(32)29-27-15-18-7-8-19-5-3-4-6-20(19)14-18/h2-12,14-15H,1,13,16-17H2,(H,29,32)/b27-15+. The zero-order chi connectivity index (χ0) is 23.8. The number of hydrogen-bond donors (Lipinski definition) is 1. The first kappa shape index (κ1) is 23.5. The van der Waals surface area contributed by atoms with Crippen LogP contribution in [0.15, 0.2) is 89.6 Å². The van der Waals surface area contributed by atoms with Gasteiger partial charge >= 0.3 is 0 Å². The van der Waals surface area contributed by atoms with Crippen molar-refractivity contribution >= 4 is 46.3 Å². The van der Waals surface area contributed by atoms with E-state index in [9.17, 15) is 4.79 Å². The van der Waals surface area contributed by atoms with Gasteiger partial charge in [0.05, 0.1) is 12.0 Å². The maximum Gasteiger partial charge on any atom is 0.250 e. The first-order valence-electron chi connectivity index (χ1n) is 10.5. The fourth-order valence-corrected chi connectivity index (χ4v) is 4.04. The van der Waals surface area contributed by atoms with Crippen LogP contribution in [0, 0.1) is 0 Å². The van der Waals surface area contributed by atoms with Crippen molar-refractivity contribution in [3.8, 4) is 5.75 Å². The fraction of sp³-hybridized carbons (Fsp3) is 0.120. The molecule has 3 aromatic carbocycles. The Hall–Kier alpha value is -3.62. The lowest BCUT2D eigenvalue weighted by atomic mass is 10.1. The minimum absolute atomic E-state index is 0.141. The van der Waals surface area contributed by atoms with E-state index in [0.717, 1.165) is 16.3 Å². The molecule has 1 amide bonds. The average Bonchev–Trinajstić information content (AvgIpc) is 3.24. The summed E-state index contributed by atoms with van der Waals surface area (Å²) < 4.78 is 7.63. The number of amides is 1. The monoisotopic (exact) mass is 491 g/mol. The molecule has 4 rings (SSSR count). The molecule has 1 heterocycles. The van der Waals surface area contributed by atoms with Crippen LogP contribution in [-0.2, 0) is 17.9 Å². The molecule has 0 fully saturated rings. The normalized spacial score (nSPS) is 11.1. The highest BCUT2D eigenvalue weighted by atomic mass is 35.5. The Balaban J connectivity index is 1.31. The van der Waals surface area contributed by atoms with Crippen LogP contribution in [0.2, 0.25) is 5.02 Å². The van der Waals surface area contributed by atoms with E-state index in [-0.39, 0.29) is 18.3 Å². The maximum absolute atomic E-state index is 12.3. The number of benzene rings is 3. The molecular formula is C25H22ClN5O2S. The van der Waals surface area contributed by atoms with E-state index in [1.807, 2.05) is 41.0 Å². The number of thioether (sulfide) groups is 1. The summed E-state index contributed by atoms with van der Waals surface area (Å²) >= 11 is 7.18. The quantitative estimate of drug-likeness (QED) is 0.144. The Morgan fingerprint density at radius 1 is 1.12 bits per heavy atom. The summed E-state index contributed by atoms with van der Waals surface area (Å²) in [5.41, 5.74) is 3.46. The Morgan fingerprint density at radius 3 is 2.71 bits per heavy atom. The van der Waals surface area contributed by atoms with Gasteiger partial charge in [0.15, 0.2) is 11.0 Å². The van der Waals surface area contributed by atoms with Gasteiger partial charge in [0.25, 0.3) is 5.91 Å². The topological polar surface area (TPSA) is 81.4 Å². The lowest BCUT2D eigenvalue weighted by Gasteiger charge is -2.09. The molecule has 172 valence electrons. The Kier molecular flexibility index (Phi) is 7.95. The Labute approximate surface area is 206 Å². The lowest BCUT2D eigenvalue weighted by molar-refractivity contribution is -0.118. The zero-order valence-corrected chi connectivity index (χ0v) is 19.8. The molecule has 34 heavy (non-hydrogen) atoms. The summed E-state index contributed by atoms with van der Waals surface area (Å²) in [6.07, 6.45) is 3.37. The van der Waals surface area contributed by atoms with Crippen LogP contribution in [-0.4, -0.2) is 32.6 Å². The number of halogens is 1. The van der Waals surface area contributed by atoms with E-state index in [2.05, 4.69) is 33.4 Å². The van der Waals surface area contributed by atoms with Crippen LogP contribution in [0.3, 0.4) is 0 Å². The molecule has 0 bridgehead atoms. The number of hydrogen-bond acceptors (Lipinski definition) is 6. The van der Waals surface area contributed by atoms with Gasteiger partial charge in [0, 0.05) is 11.6 Å². The predicted molar refractivity (Wildman–Crippen MR) is 136 cm³/mol. The molecule has 1 aromatic heterocycles. The first-order chi connectivity index (χ1) is 16.6. The van der Waals surface area contributed by atoms with Gasteiger partial charge < -0.3 is 4.74 Å². The second-order valence-corrected chi connectivity index (χ2v) is 8.61. The van der Waals surface area contributed by atoms with Gasteiger partial charge in [-0.3, -0.25) is 9.36 Å². The number of ether oxygens (including phenoxy) is 1. The van der Waals surface area contributed by atoms with Crippen molar-refractivity contribution in [2.75, 3.05) is 5.75 Å². The Bertz CT molecular complexity index is 1320. The predicted octanol–water partition coefficient (Wildman–Crippen LogP) is 5.09. The van der Waals surface area contributed by atoms with Crippen molar-refractivity contribution in [2.24, 2.45) is 5.10 Å². The van der Waals surface area contributed by atoms with Crippen LogP contribution >= 0.6 is 23.4 Å². The number of rotatable bonds is 10. The minimum Gasteiger partial charge on any atom is -0.486 e. The lowest BCUT2D eigenvalue weighted by Crippen LogP contribution is -2.20. The highest BCUT2D eigenvalue weighted by Crippen LogP contribution is 2.20. The molecule has 0 aliphatic heterocycles. The fourth-order valence-electron chi connectivity index (χ4n) is 3.15. The van der Waals surface area contributed by atoms with Gasteiger partial charge in [0.1, 0.15) is 12.4 Å². The van der Waals surface area contributed by atoms with E-state index in [4.69, 9.17) is 16.3 Å². The van der Waals surface area contributed by atoms with Crippen molar-refractivity contribution in [2.45, 2.75) is 18.3 Å². The molecule has 9 heteroatoms. The number of nitrogens with one attached hydrogen (secondary N) is 1. The molecule has 0 unspecified atom stereocenters. The molecule has 0 saturated carbocycles. The molecule has 0 aliphatic carbocycles. The molecule has 0 saturated heterocycles. The van der Waals surface area contributed by atoms with Crippen LogP contribution < -0.4 is 10.2 Å². The molecular weight excluding hydrogens is 470 g/mol. The van der Waals surface area contributed by atoms with E-state index in [1.54, 1.807) is 36.6 Å². The summed E-state index contributed by atoms with van der Waals surface area (Å²) in [4.78, 5) is 12.3. The van der Waals surface area contributed by atoms with Crippen molar-refractivity contribution < 1.29 is 9.53 Å². The van der Waals surface area contributed by atoms with Gasteiger partial charge in [-0.25, -0.2) is 5.43 Å².